The number of benzene rings is 1. The Morgan fingerprint density at radius 3 is 2.71 bits per heavy atom. The van der Waals surface area contributed by atoms with Gasteiger partial charge in [0.25, 0.3) is 0 Å². The van der Waals surface area contributed by atoms with Crippen LogP contribution < -0.4 is 10.0 Å². The Kier molecular flexibility index (Phi) is 6.00. The molecule has 24 heavy (non-hydrogen) atoms. The van der Waals surface area contributed by atoms with Crippen LogP contribution in [0.1, 0.15) is 12.5 Å². The van der Waals surface area contributed by atoms with Crippen molar-refractivity contribution >= 4 is 34.0 Å². The maximum Gasteiger partial charge on any atom is 0.475 e. The molecule has 0 unspecified atom stereocenters. The van der Waals surface area contributed by atoms with Gasteiger partial charge in [-0.05, 0) is 25.0 Å². The van der Waals surface area contributed by atoms with Gasteiger partial charge in [0.2, 0.25) is 15.9 Å². The lowest BCUT2D eigenvalue weighted by atomic mass is 9.76. The summed E-state index contributed by atoms with van der Waals surface area (Å²) in [7, 11) is -5.30. The van der Waals surface area contributed by atoms with Crippen molar-refractivity contribution in [1.82, 2.24) is 10.0 Å². The second kappa shape index (κ2) is 7.80. The minimum absolute atomic E-state index is 0.126. The van der Waals surface area contributed by atoms with Crippen LogP contribution in [0, 0.1) is 0 Å². The average molecular weight is 354 g/mol. The molecule has 0 saturated heterocycles. The molecule has 0 saturated carbocycles. The number of carbonyl (C=O) groups excluding carboxylic acids is 1. The third-order valence-electron chi connectivity index (χ3n) is 3.54. The van der Waals surface area contributed by atoms with Crippen LogP contribution in [0.5, 0.6) is 0 Å². The van der Waals surface area contributed by atoms with Gasteiger partial charge < -0.3 is 19.8 Å². The molecule has 2 aromatic rings. The van der Waals surface area contributed by atoms with Crippen LogP contribution in [-0.2, 0) is 21.2 Å². The number of hydrogen-bond acceptors (Lipinski definition) is 6. The molecule has 1 atom stereocenters. The van der Waals surface area contributed by atoms with Gasteiger partial charge in [0.05, 0.1) is 24.5 Å². The van der Waals surface area contributed by atoms with Crippen molar-refractivity contribution in [3.05, 3.63) is 36.1 Å². The monoisotopic (exact) mass is 354 g/mol. The topological polar surface area (TPSA) is 129 Å². The van der Waals surface area contributed by atoms with E-state index in [0.717, 1.165) is 5.39 Å². The van der Waals surface area contributed by atoms with E-state index in [4.69, 9.17) is 4.42 Å². The van der Waals surface area contributed by atoms with Gasteiger partial charge in [-0.3, -0.25) is 4.79 Å². The Morgan fingerprint density at radius 2 is 2.04 bits per heavy atom. The molecule has 1 amide bonds. The van der Waals surface area contributed by atoms with Crippen molar-refractivity contribution in [2.75, 3.05) is 12.3 Å². The first-order valence-corrected chi connectivity index (χ1v) is 9.05. The van der Waals surface area contributed by atoms with Crippen LogP contribution >= 0.6 is 0 Å². The summed E-state index contributed by atoms with van der Waals surface area (Å²) in [5.74, 6) is -1.80. The first kappa shape index (κ1) is 18.5. The fourth-order valence-electron chi connectivity index (χ4n) is 2.19. The molecule has 0 spiro atoms. The van der Waals surface area contributed by atoms with E-state index in [0.29, 0.717) is 11.1 Å². The summed E-state index contributed by atoms with van der Waals surface area (Å²) in [5, 5.41) is 22.2. The summed E-state index contributed by atoms with van der Waals surface area (Å²) in [5.41, 5.74) is 1.36. The van der Waals surface area contributed by atoms with E-state index in [1.54, 1.807) is 6.07 Å². The van der Waals surface area contributed by atoms with E-state index >= 15 is 0 Å². The van der Waals surface area contributed by atoms with Crippen LogP contribution in [0.4, 0.5) is 0 Å². The third-order valence-corrected chi connectivity index (χ3v) is 4.88. The maximum atomic E-state index is 11.8. The van der Waals surface area contributed by atoms with Crippen molar-refractivity contribution < 1.29 is 27.7 Å². The van der Waals surface area contributed by atoms with Gasteiger partial charge in [0.15, 0.2) is 0 Å². The Balaban J connectivity index is 2.03. The van der Waals surface area contributed by atoms with E-state index in [1.807, 2.05) is 18.2 Å². The molecule has 4 N–H and O–H groups in total. The van der Waals surface area contributed by atoms with Gasteiger partial charge in [-0.25, -0.2) is 13.1 Å². The fraction of sp³-hybridized carbons (Fsp3) is 0.357. The van der Waals surface area contributed by atoms with Crippen LogP contribution in [0.15, 0.2) is 34.9 Å². The molecule has 0 aliphatic rings. The zero-order valence-electron chi connectivity index (χ0n) is 13.1. The Morgan fingerprint density at radius 1 is 1.33 bits per heavy atom. The normalized spacial score (nSPS) is 13.0. The highest BCUT2D eigenvalue weighted by Crippen LogP contribution is 2.22. The number of furan rings is 1. The van der Waals surface area contributed by atoms with Crippen LogP contribution in [0.25, 0.3) is 11.0 Å². The lowest BCUT2D eigenvalue weighted by Gasteiger charge is -2.17. The molecule has 2 rings (SSSR count). The molecule has 0 aliphatic heterocycles. The zero-order chi connectivity index (χ0) is 17.7. The quantitative estimate of drug-likeness (QED) is 0.469. The second-order valence-electron chi connectivity index (χ2n) is 5.27. The van der Waals surface area contributed by atoms with E-state index in [2.05, 4.69) is 10.0 Å². The molecule has 1 aromatic carbocycles. The van der Waals surface area contributed by atoms with Gasteiger partial charge in [0, 0.05) is 5.39 Å². The molecule has 0 bridgehead atoms. The number of fused-ring (bicyclic) bond motifs is 1. The van der Waals surface area contributed by atoms with Gasteiger partial charge in [-0.15, -0.1) is 0 Å². The van der Waals surface area contributed by atoms with E-state index < -0.39 is 35.5 Å². The number of carbonyl (C=O) groups is 1. The molecule has 1 heterocycles. The minimum atomic E-state index is -3.50. The molecular formula is C14H19BN2O6S. The van der Waals surface area contributed by atoms with Crippen molar-refractivity contribution in [3.63, 3.8) is 0 Å². The molecule has 1 aromatic heterocycles. The lowest BCUT2D eigenvalue weighted by Crippen LogP contribution is -2.50. The molecule has 10 heteroatoms. The standard InChI is InChI=1S/C14H19BN2O6S/c1-2-24(21,22)16-8-14(18)17-13(15(19)20)7-10-9-23-12-6-4-3-5-11(10)12/h3-6,9,13,16,19-20H,2,7-8H2,1H3,(H,17,18)/t13-/m0/s1. The number of nitrogens with one attached hydrogen (secondary N) is 2. The van der Waals surface area contributed by atoms with E-state index in [9.17, 15) is 23.3 Å². The summed E-state index contributed by atoms with van der Waals surface area (Å²) in [6.45, 7) is 0.982. The predicted octanol–water partition coefficient (Wildman–Crippen LogP) is -0.589. The van der Waals surface area contributed by atoms with Gasteiger partial charge in [-0.1, -0.05) is 18.2 Å². The molecular weight excluding hydrogens is 335 g/mol. The fourth-order valence-corrected chi connectivity index (χ4v) is 2.75. The Bertz CT molecular complexity index is 804. The molecule has 130 valence electrons. The first-order chi connectivity index (χ1) is 11.3. The summed E-state index contributed by atoms with van der Waals surface area (Å²) in [6.07, 6.45) is 1.62. The Hall–Kier alpha value is -1.88. The van der Waals surface area contributed by atoms with Gasteiger partial charge >= 0.3 is 7.12 Å². The molecule has 8 nitrogen and oxygen atoms in total. The number of hydrogen-bond donors (Lipinski definition) is 4. The average Bonchev–Trinajstić information content (AvgIpc) is 2.95. The molecule has 0 fully saturated rings. The van der Waals surface area contributed by atoms with Crippen molar-refractivity contribution in [2.45, 2.75) is 19.3 Å². The van der Waals surface area contributed by atoms with Crippen molar-refractivity contribution in [3.8, 4) is 0 Å². The number of amides is 1. The lowest BCUT2D eigenvalue weighted by molar-refractivity contribution is -0.120. The minimum Gasteiger partial charge on any atom is -0.464 e. The first-order valence-electron chi connectivity index (χ1n) is 7.40. The molecule has 0 radical (unpaired) electrons. The van der Waals surface area contributed by atoms with E-state index in [-0.39, 0.29) is 12.2 Å². The van der Waals surface area contributed by atoms with Crippen LogP contribution in [0.3, 0.4) is 0 Å². The van der Waals surface area contributed by atoms with Crippen LogP contribution in [-0.4, -0.2) is 49.7 Å². The highest BCUT2D eigenvalue weighted by molar-refractivity contribution is 7.89. The maximum absolute atomic E-state index is 11.8. The summed E-state index contributed by atoms with van der Waals surface area (Å²) >= 11 is 0. The second-order valence-corrected chi connectivity index (χ2v) is 7.37. The summed E-state index contributed by atoms with van der Waals surface area (Å²) in [4.78, 5) is 11.8. The zero-order valence-corrected chi connectivity index (χ0v) is 13.9. The van der Waals surface area contributed by atoms with Crippen molar-refractivity contribution in [2.24, 2.45) is 0 Å². The summed E-state index contributed by atoms with van der Waals surface area (Å²) in [6, 6.07) is 7.24. The summed E-state index contributed by atoms with van der Waals surface area (Å²) < 4.78 is 30.1. The smallest absolute Gasteiger partial charge is 0.464 e. The highest BCUT2D eigenvalue weighted by Gasteiger charge is 2.27. The van der Waals surface area contributed by atoms with Crippen molar-refractivity contribution in [1.29, 1.82) is 0 Å². The number of sulfonamides is 1. The SMILES string of the molecule is CCS(=O)(=O)NCC(=O)N[C@@H](Cc1coc2ccccc12)B(O)O. The third kappa shape index (κ3) is 4.81. The van der Waals surface area contributed by atoms with Gasteiger partial charge in [0.1, 0.15) is 5.58 Å². The molecule has 0 aliphatic carbocycles. The van der Waals surface area contributed by atoms with Gasteiger partial charge in [-0.2, -0.15) is 0 Å². The number of para-hydroxylation sites is 1. The van der Waals surface area contributed by atoms with Crippen LogP contribution in [0.2, 0.25) is 0 Å². The predicted molar refractivity (Wildman–Crippen MR) is 89.5 cm³/mol. The number of rotatable bonds is 8. The van der Waals surface area contributed by atoms with E-state index in [1.165, 1.54) is 13.2 Å². The highest BCUT2D eigenvalue weighted by atomic mass is 32.2. The largest absolute Gasteiger partial charge is 0.475 e. The Labute approximate surface area is 140 Å².